The highest BCUT2D eigenvalue weighted by Crippen LogP contribution is 2.29. The maximum Gasteiger partial charge on any atom is 0.227 e. The molecule has 18 heavy (non-hydrogen) atoms. The number of hydrogen-bond acceptors (Lipinski definition) is 3. The van der Waals surface area contributed by atoms with E-state index >= 15 is 0 Å². The second kappa shape index (κ2) is 7.74. The van der Waals surface area contributed by atoms with Crippen molar-refractivity contribution in [2.24, 2.45) is 11.1 Å². The van der Waals surface area contributed by atoms with Gasteiger partial charge in [0.1, 0.15) is 0 Å². The molecule has 0 atom stereocenters. The van der Waals surface area contributed by atoms with Crippen molar-refractivity contribution in [2.75, 3.05) is 20.3 Å². The highest BCUT2D eigenvalue weighted by Gasteiger charge is 2.37. The van der Waals surface area contributed by atoms with Crippen LogP contribution in [0.3, 0.4) is 0 Å². The number of rotatable bonds is 9. The number of ether oxygens (including phenoxy) is 1. The SMILES string of the molecule is CCCC(CN)(CCC)C(=O)NC(C)(C)COC. The van der Waals surface area contributed by atoms with E-state index in [0.29, 0.717) is 13.2 Å². The molecule has 0 radical (unpaired) electrons. The van der Waals surface area contributed by atoms with Gasteiger partial charge >= 0.3 is 0 Å². The minimum atomic E-state index is -0.422. The predicted molar refractivity (Wildman–Crippen MR) is 75.4 cm³/mol. The minimum absolute atomic E-state index is 0.0655. The molecular weight excluding hydrogens is 228 g/mol. The third-order valence-corrected chi connectivity index (χ3v) is 3.29. The van der Waals surface area contributed by atoms with Crippen LogP contribution in [0.5, 0.6) is 0 Å². The van der Waals surface area contributed by atoms with Crippen LogP contribution >= 0.6 is 0 Å². The van der Waals surface area contributed by atoms with Crippen LogP contribution in [0.25, 0.3) is 0 Å². The first-order chi connectivity index (χ1) is 8.37. The molecular formula is C14H30N2O2. The highest BCUT2D eigenvalue weighted by molar-refractivity contribution is 5.83. The molecule has 0 aliphatic rings. The minimum Gasteiger partial charge on any atom is -0.382 e. The topological polar surface area (TPSA) is 64.4 Å². The van der Waals surface area contributed by atoms with Crippen molar-refractivity contribution >= 4 is 5.91 Å². The van der Waals surface area contributed by atoms with Crippen LogP contribution in [0.15, 0.2) is 0 Å². The molecule has 0 fully saturated rings. The van der Waals surface area contributed by atoms with Crippen LogP contribution in [-0.4, -0.2) is 31.7 Å². The van der Waals surface area contributed by atoms with E-state index in [1.807, 2.05) is 13.8 Å². The van der Waals surface area contributed by atoms with Crippen LogP contribution in [0.4, 0.5) is 0 Å². The molecule has 0 heterocycles. The summed E-state index contributed by atoms with van der Waals surface area (Å²) in [5, 5.41) is 3.07. The molecule has 0 rings (SSSR count). The van der Waals surface area contributed by atoms with Crippen molar-refractivity contribution in [1.29, 1.82) is 0 Å². The Morgan fingerprint density at radius 3 is 2.06 bits per heavy atom. The van der Waals surface area contributed by atoms with E-state index in [4.69, 9.17) is 10.5 Å². The van der Waals surface area contributed by atoms with Crippen molar-refractivity contribution in [3.8, 4) is 0 Å². The van der Waals surface area contributed by atoms with E-state index in [-0.39, 0.29) is 11.4 Å². The Balaban J connectivity index is 4.84. The average molecular weight is 258 g/mol. The molecule has 0 saturated heterocycles. The van der Waals surface area contributed by atoms with Gasteiger partial charge in [0.2, 0.25) is 5.91 Å². The number of amides is 1. The fourth-order valence-corrected chi connectivity index (χ4v) is 2.44. The second-order valence-corrected chi connectivity index (χ2v) is 5.76. The molecule has 3 N–H and O–H groups in total. The van der Waals surface area contributed by atoms with Gasteiger partial charge in [-0.25, -0.2) is 0 Å². The number of hydrogen-bond donors (Lipinski definition) is 2. The Labute approximate surface area is 112 Å². The number of nitrogens with two attached hydrogens (primary N) is 1. The number of carbonyl (C=O) groups is 1. The lowest BCUT2D eigenvalue weighted by Gasteiger charge is -2.35. The van der Waals surface area contributed by atoms with Crippen molar-refractivity contribution in [3.05, 3.63) is 0 Å². The molecule has 108 valence electrons. The smallest absolute Gasteiger partial charge is 0.227 e. The third-order valence-electron chi connectivity index (χ3n) is 3.29. The molecule has 0 aromatic heterocycles. The summed E-state index contributed by atoms with van der Waals surface area (Å²) in [7, 11) is 1.64. The Hall–Kier alpha value is -0.610. The summed E-state index contributed by atoms with van der Waals surface area (Å²) in [6, 6.07) is 0. The summed E-state index contributed by atoms with van der Waals surface area (Å²) in [4.78, 5) is 12.5. The molecule has 4 heteroatoms. The molecule has 0 bridgehead atoms. The highest BCUT2D eigenvalue weighted by atomic mass is 16.5. The van der Waals surface area contributed by atoms with Gasteiger partial charge in [-0.15, -0.1) is 0 Å². The van der Waals surface area contributed by atoms with E-state index in [2.05, 4.69) is 19.2 Å². The van der Waals surface area contributed by atoms with Gasteiger partial charge in [-0.05, 0) is 26.7 Å². The largest absolute Gasteiger partial charge is 0.382 e. The van der Waals surface area contributed by atoms with Gasteiger partial charge in [-0.3, -0.25) is 4.79 Å². The van der Waals surface area contributed by atoms with E-state index in [9.17, 15) is 4.79 Å². The van der Waals surface area contributed by atoms with Crippen molar-refractivity contribution in [2.45, 2.75) is 58.9 Å². The van der Waals surface area contributed by atoms with Crippen molar-refractivity contribution < 1.29 is 9.53 Å². The van der Waals surface area contributed by atoms with Crippen molar-refractivity contribution in [1.82, 2.24) is 5.32 Å². The lowest BCUT2D eigenvalue weighted by Crippen LogP contribution is -2.54. The molecule has 0 spiro atoms. The van der Waals surface area contributed by atoms with Gasteiger partial charge in [-0.2, -0.15) is 0 Å². The molecule has 4 nitrogen and oxygen atoms in total. The van der Waals surface area contributed by atoms with Crippen LogP contribution in [-0.2, 0) is 9.53 Å². The van der Waals surface area contributed by atoms with E-state index < -0.39 is 5.41 Å². The van der Waals surface area contributed by atoms with Gasteiger partial charge in [0.05, 0.1) is 17.6 Å². The molecule has 0 unspecified atom stereocenters. The normalized spacial score (nSPS) is 12.6. The maximum atomic E-state index is 12.5. The Bertz CT molecular complexity index is 246. The first-order valence-corrected chi connectivity index (χ1v) is 6.89. The monoisotopic (exact) mass is 258 g/mol. The van der Waals surface area contributed by atoms with Crippen LogP contribution in [0.2, 0.25) is 0 Å². The summed E-state index contributed by atoms with van der Waals surface area (Å²) >= 11 is 0. The number of nitrogens with one attached hydrogen (secondary N) is 1. The molecule has 0 saturated carbocycles. The summed E-state index contributed by atoms with van der Waals surface area (Å²) in [5.74, 6) is 0.0655. The van der Waals surface area contributed by atoms with E-state index in [1.54, 1.807) is 7.11 Å². The average Bonchev–Trinajstić information content (AvgIpc) is 2.27. The number of methoxy groups -OCH3 is 1. The molecule has 0 aromatic rings. The Morgan fingerprint density at radius 2 is 1.72 bits per heavy atom. The lowest BCUT2D eigenvalue weighted by molar-refractivity contribution is -0.133. The van der Waals surface area contributed by atoms with Crippen molar-refractivity contribution in [3.63, 3.8) is 0 Å². The Kier molecular flexibility index (Phi) is 7.48. The standard InChI is InChI=1S/C14H30N2O2/c1-6-8-14(10-15,9-7-2)12(17)16-13(3,4)11-18-5/h6-11,15H2,1-5H3,(H,16,17). The molecule has 0 aliphatic heterocycles. The zero-order valence-electron chi connectivity index (χ0n) is 12.6. The zero-order valence-corrected chi connectivity index (χ0v) is 12.6. The Morgan fingerprint density at radius 1 is 1.22 bits per heavy atom. The third kappa shape index (κ3) is 4.94. The van der Waals surface area contributed by atoms with E-state index in [0.717, 1.165) is 25.7 Å². The van der Waals surface area contributed by atoms with Gasteiger partial charge in [0.15, 0.2) is 0 Å². The molecule has 0 aliphatic carbocycles. The molecule has 0 aromatic carbocycles. The fourth-order valence-electron chi connectivity index (χ4n) is 2.44. The first kappa shape index (κ1) is 17.4. The fraction of sp³-hybridized carbons (Fsp3) is 0.929. The zero-order chi connectivity index (χ0) is 14.2. The summed E-state index contributed by atoms with van der Waals surface area (Å²) < 4.78 is 5.13. The van der Waals surface area contributed by atoms with Crippen LogP contribution in [0.1, 0.15) is 53.4 Å². The summed E-state index contributed by atoms with van der Waals surface area (Å²) in [6.45, 7) is 9.02. The van der Waals surface area contributed by atoms with Gasteiger partial charge in [0, 0.05) is 13.7 Å². The quantitative estimate of drug-likeness (QED) is 0.665. The molecule has 1 amide bonds. The maximum absolute atomic E-state index is 12.5. The first-order valence-electron chi connectivity index (χ1n) is 6.89. The summed E-state index contributed by atoms with van der Waals surface area (Å²) in [5.41, 5.74) is 5.11. The van der Waals surface area contributed by atoms with Crippen LogP contribution < -0.4 is 11.1 Å². The lowest BCUT2D eigenvalue weighted by atomic mass is 9.78. The second-order valence-electron chi connectivity index (χ2n) is 5.76. The van der Waals surface area contributed by atoms with Gasteiger partial charge in [0.25, 0.3) is 0 Å². The van der Waals surface area contributed by atoms with Gasteiger partial charge < -0.3 is 15.8 Å². The summed E-state index contributed by atoms with van der Waals surface area (Å²) in [6.07, 6.45) is 3.61. The van der Waals surface area contributed by atoms with E-state index in [1.165, 1.54) is 0 Å². The number of carbonyl (C=O) groups excluding carboxylic acids is 1. The van der Waals surface area contributed by atoms with Gasteiger partial charge in [-0.1, -0.05) is 26.7 Å². The predicted octanol–water partition coefficient (Wildman–Crippen LogP) is 2.07. The van der Waals surface area contributed by atoms with Crippen LogP contribution in [0, 0.1) is 5.41 Å².